The average Bonchev–Trinajstić information content (AvgIpc) is 3.11. The lowest BCUT2D eigenvalue weighted by atomic mass is 9.87. The van der Waals surface area contributed by atoms with Crippen molar-refractivity contribution >= 4 is 5.91 Å². The Balaban J connectivity index is 1.61. The lowest BCUT2D eigenvalue weighted by Crippen LogP contribution is -2.23. The summed E-state index contributed by atoms with van der Waals surface area (Å²) in [6.45, 7) is 0.363. The number of nitrogens with one attached hydrogen (secondary N) is 2. The first-order valence-electron chi connectivity index (χ1n) is 8.29. The molecule has 2 aromatic rings. The van der Waals surface area contributed by atoms with Gasteiger partial charge in [0.05, 0.1) is 6.61 Å². The molecule has 0 spiro atoms. The summed E-state index contributed by atoms with van der Waals surface area (Å²) in [5.74, 6) is 0.323. The van der Waals surface area contributed by atoms with Crippen LogP contribution in [0.4, 0.5) is 0 Å². The van der Waals surface area contributed by atoms with Gasteiger partial charge in [-0.15, -0.1) is 0 Å². The summed E-state index contributed by atoms with van der Waals surface area (Å²) in [4.78, 5) is 12.3. The van der Waals surface area contributed by atoms with Crippen molar-refractivity contribution in [1.82, 2.24) is 15.5 Å². The number of benzene rings is 1. The van der Waals surface area contributed by atoms with Crippen LogP contribution >= 0.6 is 0 Å². The Morgan fingerprint density at radius 1 is 1.22 bits per heavy atom. The van der Waals surface area contributed by atoms with E-state index in [-0.39, 0.29) is 12.5 Å². The molecule has 0 saturated heterocycles. The third-order valence-electron chi connectivity index (χ3n) is 4.60. The Hall–Kier alpha value is -2.14. The molecular weight excluding hydrogens is 290 g/mol. The van der Waals surface area contributed by atoms with E-state index in [0.29, 0.717) is 18.2 Å². The summed E-state index contributed by atoms with van der Waals surface area (Å²) in [5.41, 5.74) is 3.27. The lowest BCUT2D eigenvalue weighted by molar-refractivity contribution is 0.0945. The first kappa shape index (κ1) is 15.7. The minimum Gasteiger partial charge on any atom is -0.392 e. The van der Waals surface area contributed by atoms with Crippen LogP contribution in [0.15, 0.2) is 30.3 Å². The van der Waals surface area contributed by atoms with Gasteiger partial charge >= 0.3 is 0 Å². The van der Waals surface area contributed by atoms with Crippen molar-refractivity contribution in [3.63, 3.8) is 0 Å². The van der Waals surface area contributed by atoms with E-state index in [9.17, 15) is 9.90 Å². The summed E-state index contributed by atoms with van der Waals surface area (Å²) in [5, 5.41) is 19.4. The number of aliphatic hydroxyl groups is 1. The van der Waals surface area contributed by atoms with Gasteiger partial charge in [0, 0.05) is 18.2 Å². The summed E-state index contributed by atoms with van der Waals surface area (Å²) >= 11 is 0. The number of carbonyl (C=O) groups is 1. The minimum absolute atomic E-state index is 0.0275. The van der Waals surface area contributed by atoms with E-state index in [4.69, 9.17) is 0 Å². The molecule has 23 heavy (non-hydrogen) atoms. The van der Waals surface area contributed by atoms with Gasteiger partial charge in [-0.05, 0) is 30.0 Å². The fraction of sp³-hybridized carbons (Fsp3) is 0.444. The molecule has 1 aliphatic carbocycles. The van der Waals surface area contributed by atoms with Gasteiger partial charge in [0.2, 0.25) is 0 Å². The molecule has 122 valence electrons. The maximum atomic E-state index is 12.3. The second-order valence-corrected chi connectivity index (χ2v) is 6.15. The number of aromatic nitrogens is 2. The lowest BCUT2D eigenvalue weighted by Gasteiger charge is -2.19. The highest BCUT2D eigenvalue weighted by Gasteiger charge is 2.19. The molecule has 0 radical (unpaired) electrons. The van der Waals surface area contributed by atoms with E-state index < -0.39 is 0 Å². The predicted octanol–water partition coefficient (Wildman–Crippen LogP) is 2.88. The maximum Gasteiger partial charge on any atom is 0.272 e. The van der Waals surface area contributed by atoms with E-state index in [0.717, 1.165) is 16.8 Å². The van der Waals surface area contributed by atoms with Crippen molar-refractivity contribution in [3.8, 4) is 0 Å². The molecule has 1 heterocycles. The van der Waals surface area contributed by atoms with Crippen molar-refractivity contribution in [3.05, 3.63) is 52.8 Å². The predicted molar refractivity (Wildman–Crippen MR) is 87.9 cm³/mol. The number of nitrogens with zero attached hydrogens (tertiary/aromatic N) is 1. The molecule has 5 heteroatoms. The quantitative estimate of drug-likeness (QED) is 0.794. The van der Waals surface area contributed by atoms with Gasteiger partial charge in [0.25, 0.3) is 5.91 Å². The second kappa shape index (κ2) is 7.42. The molecular formula is C18H23N3O2. The second-order valence-electron chi connectivity index (χ2n) is 6.15. The number of rotatable bonds is 5. The molecule has 1 aliphatic rings. The van der Waals surface area contributed by atoms with Gasteiger partial charge in [0.1, 0.15) is 5.69 Å². The fourth-order valence-electron chi connectivity index (χ4n) is 3.23. The van der Waals surface area contributed by atoms with Gasteiger partial charge in [0.15, 0.2) is 0 Å². The van der Waals surface area contributed by atoms with E-state index >= 15 is 0 Å². The Labute approximate surface area is 136 Å². The highest BCUT2D eigenvalue weighted by atomic mass is 16.3. The Morgan fingerprint density at radius 2 is 1.96 bits per heavy atom. The molecule has 5 nitrogen and oxygen atoms in total. The average molecular weight is 313 g/mol. The van der Waals surface area contributed by atoms with Crippen LogP contribution in [0.2, 0.25) is 0 Å². The van der Waals surface area contributed by atoms with Crippen molar-refractivity contribution in [1.29, 1.82) is 0 Å². The number of hydrogen-bond donors (Lipinski definition) is 3. The molecule has 1 fully saturated rings. The standard InChI is InChI=1S/C18H23N3O2/c22-12-15-9-5-4-8-14(15)11-19-18(23)17-10-16(20-21-17)13-6-2-1-3-7-13/h4-5,8-10,13,22H,1-3,6-7,11-12H2,(H,19,23)(H,20,21). The third kappa shape index (κ3) is 3.79. The van der Waals surface area contributed by atoms with Gasteiger partial charge < -0.3 is 10.4 Å². The minimum atomic E-state index is -0.184. The highest BCUT2D eigenvalue weighted by Crippen LogP contribution is 2.31. The zero-order valence-electron chi connectivity index (χ0n) is 13.2. The van der Waals surface area contributed by atoms with Gasteiger partial charge in [-0.1, -0.05) is 43.5 Å². The van der Waals surface area contributed by atoms with Gasteiger partial charge in [-0.25, -0.2) is 0 Å². The number of H-pyrrole nitrogens is 1. The smallest absolute Gasteiger partial charge is 0.272 e. The van der Waals surface area contributed by atoms with Crippen LogP contribution in [-0.4, -0.2) is 21.2 Å². The maximum absolute atomic E-state index is 12.3. The monoisotopic (exact) mass is 313 g/mol. The van der Waals surface area contributed by atoms with Crippen molar-refractivity contribution in [2.75, 3.05) is 0 Å². The molecule has 0 atom stereocenters. The number of hydrogen-bond acceptors (Lipinski definition) is 3. The van der Waals surface area contributed by atoms with Crippen molar-refractivity contribution in [2.24, 2.45) is 0 Å². The van der Waals surface area contributed by atoms with E-state index in [1.54, 1.807) is 0 Å². The van der Waals surface area contributed by atoms with Crippen LogP contribution < -0.4 is 5.32 Å². The normalized spacial score (nSPS) is 15.5. The molecule has 1 amide bonds. The first-order valence-corrected chi connectivity index (χ1v) is 8.29. The molecule has 0 unspecified atom stereocenters. The Kier molecular flexibility index (Phi) is 5.08. The highest BCUT2D eigenvalue weighted by molar-refractivity contribution is 5.92. The summed E-state index contributed by atoms with van der Waals surface area (Å²) in [6, 6.07) is 9.42. The van der Waals surface area contributed by atoms with E-state index in [1.165, 1.54) is 32.1 Å². The van der Waals surface area contributed by atoms with Crippen LogP contribution in [0.3, 0.4) is 0 Å². The van der Waals surface area contributed by atoms with E-state index in [1.807, 2.05) is 30.3 Å². The van der Waals surface area contributed by atoms with Crippen LogP contribution in [0.25, 0.3) is 0 Å². The zero-order chi connectivity index (χ0) is 16.1. The topological polar surface area (TPSA) is 78.0 Å². The van der Waals surface area contributed by atoms with Crippen molar-refractivity contribution < 1.29 is 9.90 Å². The number of aromatic amines is 1. The molecule has 3 N–H and O–H groups in total. The number of aliphatic hydroxyl groups excluding tert-OH is 1. The molecule has 1 aromatic carbocycles. The van der Waals surface area contributed by atoms with Gasteiger partial charge in [-0.3, -0.25) is 9.89 Å². The molecule has 0 aliphatic heterocycles. The van der Waals surface area contributed by atoms with Crippen LogP contribution in [-0.2, 0) is 13.2 Å². The van der Waals surface area contributed by atoms with Gasteiger partial charge in [-0.2, -0.15) is 5.10 Å². The molecule has 1 saturated carbocycles. The molecule has 3 rings (SSSR count). The largest absolute Gasteiger partial charge is 0.392 e. The van der Waals surface area contributed by atoms with Crippen LogP contribution in [0.5, 0.6) is 0 Å². The number of carbonyl (C=O) groups excluding carboxylic acids is 1. The first-order chi connectivity index (χ1) is 11.3. The van der Waals surface area contributed by atoms with Crippen LogP contribution in [0, 0.1) is 0 Å². The van der Waals surface area contributed by atoms with Crippen LogP contribution in [0.1, 0.15) is 65.3 Å². The number of amides is 1. The summed E-state index contributed by atoms with van der Waals surface area (Å²) in [7, 11) is 0. The molecule has 0 bridgehead atoms. The molecule has 1 aromatic heterocycles. The summed E-state index contributed by atoms with van der Waals surface area (Å²) in [6.07, 6.45) is 6.16. The third-order valence-corrected chi connectivity index (χ3v) is 4.60. The zero-order valence-corrected chi connectivity index (χ0v) is 13.2. The fourth-order valence-corrected chi connectivity index (χ4v) is 3.23. The summed E-state index contributed by atoms with van der Waals surface area (Å²) < 4.78 is 0. The van der Waals surface area contributed by atoms with Crippen molar-refractivity contribution in [2.45, 2.75) is 51.2 Å². The Bertz CT molecular complexity index is 660. The SMILES string of the molecule is O=C(NCc1ccccc1CO)c1cc(C2CCCCC2)[nH]n1. The van der Waals surface area contributed by atoms with E-state index in [2.05, 4.69) is 15.5 Å². The Morgan fingerprint density at radius 3 is 2.70 bits per heavy atom.